The van der Waals surface area contributed by atoms with Crippen LogP contribution >= 0.6 is 11.6 Å². The second kappa shape index (κ2) is 7.61. The van der Waals surface area contributed by atoms with Crippen LogP contribution in [-0.2, 0) is 6.54 Å². The third-order valence-corrected chi connectivity index (χ3v) is 3.99. The number of nitrogens with one attached hydrogen (secondary N) is 1. The molecule has 0 aromatic heterocycles. The van der Waals surface area contributed by atoms with Gasteiger partial charge < -0.3 is 10.4 Å². The first kappa shape index (κ1) is 15.3. The highest BCUT2D eigenvalue weighted by Gasteiger charge is 2.18. The predicted molar refractivity (Wildman–Crippen MR) is 79.6 cm³/mol. The van der Waals surface area contributed by atoms with Crippen molar-refractivity contribution in [1.29, 1.82) is 5.26 Å². The monoisotopic (exact) mass is 293 g/mol. The van der Waals surface area contributed by atoms with Gasteiger partial charge in [-0.2, -0.15) is 5.26 Å². The largest absolute Gasteiger partial charge is 0.395 e. The smallest absolute Gasteiger partial charge is 0.0992 e. The third kappa shape index (κ3) is 4.19. The number of aliphatic hydroxyl groups excluding tert-OH is 1. The molecule has 20 heavy (non-hydrogen) atoms. The van der Waals surface area contributed by atoms with Gasteiger partial charge in [0.15, 0.2) is 0 Å². The van der Waals surface area contributed by atoms with Gasteiger partial charge in [0.1, 0.15) is 0 Å². The normalized spacial score (nSPS) is 18.4. The molecule has 4 nitrogen and oxygen atoms in total. The quantitative estimate of drug-likeness (QED) is 0.839. The minimum atomic E-state index is 0.140. The van der Waals surface area contributed by atoms with Crippen molar-refractivity contribution in [3.63, 3.8) is 0 Å². The Labute approximate surface area is 125 Å². The zero-order chi connectivity index (χ0) is 14.4. The molecule has 1 aromatic rings. The van der Waals surface area contributed by atoms with Crippen LogP contribution in [-0.4, -0.2) is 42.3 Å². The first-order chi connectivity index (χ1) is 9.72. The van der Waals surface area contributed by atoms with Gasteiger partial charge in [0.05, 0.1) is 18.2 Å². The molecule has 0 spiro atoms. The standard InChI is InChI=1S/C15H20ClN3O/c16-15-8-12(9-17)3-4-13(15)10-19(6-7-20)11-14-2-1-5-18-14/h3-4,8,14,18,20H,1-2,5-7,10-11H2. The maximum atomic E-state index is 9.20. The van der Waals surface area contributed by atoms with Crippen molar-refractivity contribution in [3.05, 3.63) is 34.3 Å². The first-order valence-electron chi connectivity index (χ1n) is 6.98. The van der Waals surface area contributed by atoms with Crippen molar-refractivity contribution in [2.45, 2.75) is 25.4 Å². The van der Waals surface area contributed by atoms with Crippen LogP contribution in [0.2, 0.25) is 5.02 Å². The summed E-state index contributed by atoms with van der Waals surface area (Å²) in [6, 6.07) is 7.96. The van der Waals surface area contributed by atoms with Crippen molar-refractivity contribution < 1.29 is 5.11 Å². The van der Waals surface area contributed by atoms with E-state index in [9.17, 15) is 5.11 Å². The fourth-order valence-corrected chi connectivity index (χ4v) is 2.83. The molecule has 1 aliphatic rings. The van der Waals surface area contributed by atoms with E-state index in [4.69, 9.17) is 16.9 Å². The van der Waals surface area contributed by atoms with Crippen LogP contribution in [0.15, 0.2) is 18.2 Å². The molecule has 2 rings (SSSR count). The van der Waals surface area contributed by atoms with Crippen LogP contribution in [0, 0.1) is 11.3 Å². The molecule has 108 valence electrons. The second-order valence-electron chi connectivity index (χ2n) is 5.17. The highest BCUT2D eigenvalue weighted by molar-refractivity contribution is 6.31. The van der Waals surface area contributed by atoms with Gasteiger partial charge in [-0.1, -0.05) is 17.7 Å². The number of aliphatic hydroxyl groups is 1. The number of nitriles is 1. The summed E-state index contributed by atoms with van der Waals surface area (Å²) >= 11 is 6.21. The molecule has 1 heterocycles. The Balaban J connectivity index is 2.01. The number of hydrogen-bond acceptors (Lipinski definition) is 4. The lowest BCUT2D eigenvalue weighted by Crippen LogP contribution is -2.38. The van der Waals surface area contributed by atoms with E-state index < -0.39 is 0 Å². The van der Waals surface area contributed by atoms with E-state index in [0.717, 1.165) is 18.7 Å². The van der Waals surface area contributed by atoms with Gasteiger partial charge in [0.25, 0.3) is 0 Å². The molecule has 1 fully saturated rings. The van der Waals surface area contributed by atoms with Crippen LogP contribution in [0.1, 0.15) is 24.0 Å². The Kier molecular flexibility index (Phi) is 5.81. The summed E-state index contributed by atoms with van der Waals surface area (Å²) in [5.74, 6) is 0. The van der Waals surface area contributed by atoms with Crippen LogP contribution in [0.25, 0.3) is 0 Å². The number of rotatable bonds is 6. The average Bonchev–Trinajstić information content (AvgIpc) is 2.94. The van der Waals surface area contributed by atoms with Gasteiger partial charge in [-0.05, 0) is 37.1 Å². The van der Waals surface area contributed by atoms with Crippen LogP contribution in [0.3, 0.4) is 0 Å². The third-order valence-electron chi connectivity index (χ3n) is 3.63. The van der Waals surface area contributed by atoms with Gasteiger partial charge in [0, 0.05) is 30.7 Å². The Morgan fingerprint density at radius 3 is 2.95 bits per heavy atom. The van der Waals surface area contributed by atoms with Gasteiger partial charge in [0.2, 0.25) is 0 Å². The fourth-order valence-electron chi connectivity index (χ4n) is 2.59. The molecule has 1 aromatic carbocycles. The molecular weight excluding hydrogens is 274 g/mol. The van der Waals surface area contributed by atoms with E-state index in [-0.39, 0.29) is 6.61 Å². The van der Waals surface area contributed by atoms with E-state index in [0.29, 0.717) is 29.7 Å². The van der Waals surface area contributed by atoms with Crippen molar-refractivity contribution in [3.8, 4) is 6.07 Å². The van der Waals surface area contributed by atoms with Crippen LogP contribution in [0.4, 0.5) is 0 Å². The minimum absolute atomic E-state index is 0.140. The Hall–Kier alpha value is -1.12. The second-order valence-corrected chi connectivity index (χ2v) is 5.58. The number of hydrogen-bond donors (Lipinski definition) is 2. The lowest BCUT2D eigenvalue weighted by atomic mass is 10.1. The molecule has 0 amide bonds. The Morgan fingerprint density at radius 2 is 2.35 bits per heavy atom. The zero-order valence-corrected chi connectivity index (χ0v) is 12.2. The SMILES string of the molecule is N#Cc1ccc(CN(CCO)CC2CCCN2)c(Cl)c1. The zero-order valence-electron chi connectivity index (χ0n) is 11.5. The van der Waals surface area contributed by atoms with Gasteiger partial charge >= 0.3 is 0 Å². The maximum absolute atomic E-state index is 9.20. The van der Waals surface area contributed by atoms with Crippen molar-refractivity contribution in [2.75, 3.05) is 26.2 Å². The fraction of sp³-hybridized carbons (Fsp3) is 0.533. The Morgan fingerprint density at radius 1 is 1.50 bits per heavy atom. The topological polar surface area (TPSA) is 59.3 Å². The van der Waals surface area contributed by atoms with Gasteiger partial charge in [-0.3, -0.25) is 4.90 Å². The molecule has 0 aliphatic carbocycles. The Bertz CT molecular complexity index is 480. The molecule has 1 aliphatic heterocycles. The number of nitrogens with zero attached hydrogens (tertiary/aromatic N) is 2. The van der Waals surface area contributed by atoms with Crippen molar-refractivity contribution in [2.24, 2.45) is 0 Å². The average molecular weight is 294 g/mol. The summed E-state index contributed by atoms with van der Waals surface area (Å²) in [7, 11) is 0. The molecule has 0 saturated carbocycles. The highest BCUT2D eigenvalue weighted by Crippen LogP contribution is 2.20. The molecule has 0 bridgehead atoms. The van der Waals surface area contributed by atoms with E-state index in [1.54, 1.807) is 12.1 Å². The summed E-state index contributed by atoms with van der Waals surface area (Å²) in [6.45, 7) is 3.46. The summed E-state index contributed by atoms with van der Waals surface area (Å²) in [5.41, 5.74) is 1.57. The highest BCUT2D eigenvalue weighted by atomic mass is 35.5. The first-order valence-corrected chi connectivity index (χ1v) is 7.36. The molecule has 0 radical (unpaired) electrons. The van der Waals surface area contributed by atoms with E-state index in [1.165, 1.54) is 12.8 Å². The molecule has 1 unspecified atom stereocenters. The maximum Gasteiger partial charge on any atom is 0.0992 e. The molecule has 1 saturated heterocycles. The van der Waals surface area contributed by atoms with Crippen molar-refractivity contribution >= 4 is 11.6 Å². The van der Waals surface area contributed by atoms with Gasteiger partial charge in [-0.15, -0.1) is 0 Å². The van der Waals surface area contributed by atoms with E-state index in [1.807, 2.05) is 6.07 Å². The number of halogens is 1. The summed E-state index contributed by atoms with van der Waals surface area (Å²) in [4.78, 5) is 2.20. The van der Waals surface area contributed by atoms with Crippen LogP contribution < -0.4 is 5.32 Å². The van der Waals surface area contributed by atoms with E-state index in [2.05, 4.69) is 16.3 Å². The predicted octanol–water partition coefficient (Wildman–Crippen LogP) is 1.76. The summed E-state index contributed by atoms with van der Waals surface area (Å²) in [6.07, 6.45) is 2.40. The molecule has 1 atom stereocenters. The molecular formula is C15H20ClN3O. The molecule has 5 heteroatoms. The van der Waals surface area contributed by atoms with Crippen molar-refractivity contribution in [1.82, 2.24) is 10.2 Å². The molecule has 2 N–H and O–H groups in total. The summed E-state index contributed by atoms with van der Waals surface area (Å²) in [5, 5.41) is 22.1. The minimum Gasteiger partial charge on any atom is -0.395 e. The van der Waals surface area contributed by atoms with E-state index >= 15 is 0 Å². The lowest BCUT2D eigenvalue weighted by Gasteiger charge is -2.25. The van der Waals surface area contributed by atoms with Gasteiger partial charge in [-0.25, -0.2) is 0 Å². The summed E-state index contributed by atoms with van der Waals surface area (Å²) < 4.78 is 0. The lowest BCUT2D eigenvalue weighted by molar-refractivity contribution is 0.179. The van der Waals surface area contributed by atoms with Crippen LogP contribution in [0.5, 0.6) is 0 Å². The number of benzene rings is 1.